The highest BCUT2D eigenvalue weighted by atomic mass is 79.9. The molecule has 5 heteroatoms. The van der Waals surface area contributed by atoms with Crippen LogP contribution in [0.5, 0.6) is 0 Å². The van der Waals surface area contributed by atoms with Gasteiger partial charge in [-0.15, -0.1) is 0 Å². The van der Waals surface area contributed by atoms with E-state index in [0.717, 1.165) is 0 Å². The van der Waals surface area contributed by atoms with Crippen molar-refractivity contribution in [2.75, 3.05) is 6.54 Å². The molecule has 0 aromatic heterocycles. The van der Waals surface area contributed by atoms with Gasteiger partial charge in [0.25, 0.3) is 0 Å². The molecule has 10 heavy (non-hydrogen) atoms. The molecule has 1 heterocycles. The molecular formula is C5H5Br2NO2. The molecule has 1 atom stereocenters. The highest BCUT2D eigenvalue weighted by Crippen LogP contribution is 2.30. The number of esters is 1. The molecule has 3 nitrogen and oxygen atoms in total. The number of carbonyl (C=O) groups is 1. The monoisotopic (exact) mass is 269 g/mol. The summed E-state index contributed by atoms with van der Waals surface area (Å²) < 4.78 is 5.93. The first-order valence-corrected chi connectivity index (χ1v) is 4.21. The van der Waals surface area contributed by atoms with Gasteiger partial charge in [0.1, 0.15) is 10.6 Å². The van der Waals surface area contributed by atoms with Crippen molar-refractivity contribution in [1.82, 2.24) is 0 Å². The molecule has 1 aliphatic rings. The van der Waals surface area contributed by atoms with Gasteiger partial charge in [0.2, 0.25) is 0 Å². The van der Waals surface area contributed by atoms with Crippen LogP contribution < -0.4 is 5.73 Å². The third kappa shape index (κ3) is 1.26. The number of rotatable bonds is 1. The Bertz CT molecular complexity index is 202. The third-order valence-electron chi connectivity index (χ3n) is 1.13. The largest absolute Gasteiger partial charge is 0.452 e. The summed E-state index contributed by atoms with van der Waals surface area (Å²) in [5.41, 5.74) is 5.29. The lowest BCUT2D eigenvalue weighted by molar-refractivity contribution is -0.138. The molecule has 0 unspecified atom stereocenters. The van der Waals surface area contributed by atoms with Crippen LogP contribution in [0.25, 0.3) is 0 Å². The Morgan fingerprint density at radius 1 is 1.60 bits per heavy atom. The zero-order valence-electron chi connectivity index (χ0n) is 4.93. The molecule has 0 amide bonds. The van der Waals surface area contributed by atoms with E-state index in [1.165, 1.54) is 0 Å². The van der Waals surface area contributed by atoms with Gasteiger partial charge < -0.3 is 10.5 Å². The number of carbonyl (C=O) groups excluding carboxylic acids is 1. The van der Waals surface area contributed by atoms with Gasteiger partial charge in [-0.25, -0.2) is 4.79 Å². The molecular weight excluding hydrogens is 266 g/mol. The van der Waals surface area contributed by atoms with Crippen LogP contribution in [0.1, 0.15) is 0 Å². The highest BCUT2D eigenvalue weighted by Gasteiger charge is 2.29. The predicted octanol–water partition coefficient (Wildman–Crippen LogP) is 0.872. The summed E-state index contributed by atoms with van der Waals surface area (Å²) in [6.45, 7) is 0.307. The van der Waals surface area contributed by atoms with Crippen LogP contribution in [0.4, 0.5) is 0 Å². The predicted molar refractivity (Wildman–Crippen MR) is 43.8 cm³/mol. The second-order valence-electron chi connectivity index (χ2n) is 1.79. The molecule has 0 aromatic carbocycles. The van der Waals surface area contributed by atoms with Crippen molar-refractivity contribution >= 4 is 37.8 Å². The number of nitrogens with two attached hydrogens (primary N) is 1. The Balaban J connectivity index is 2.83. The van der Waals surface area contributed by atoms with E-state index in [2.05, 4.69) is 31.9 Å². The number of ether oxygens (including phenoxy) is 1. The molecule has 0 saturated heterocycles. The number of cyclic esters (lactones) is 1. The molecule has 0 aromatic rings. The number of hydrogen-bond acceptors (Lipinski definition) is 3. The lowest BCUT2D eigenvalue weighted by Gasteiger charge is -2.04. The third-order valence-corrected chi connectivity index (χ3v) is 3.33. The van der Waals surface area contributed by atoms with Crippen molar-refractivity contribution in [3.63, 3.8) is 0 Å². The van der Waals surface area contributed by atoms with Gasteiger partial charge in [0.15, 0.2) is 0 Å². The summed E-state index contributed by atoms with van der Waals surface area (Å²) in [4.78, 5) is 10.7. The minimum atomic E-state index is -0.359. The van der Waals surface area contributed by atoms with Crippen LogP contribution in [0.2, 0.25) is 0 Å². The van der Waals surface area contributed by atoms with Crippen molar-refractivity contribution < 1.29 is 9.53 Å². The molecule has 56 valence electrons. The van der Waals surface area contributed by atoms with Crippen LogP contribution in [0.15, 0.2) is 8.96 Å². The minimum absolute atomic E-state index is 0.304. The van der Waals surface area contributed by atoms with Crippen molar-refractivity contribution in [3.05, 3.63) is 8.96 Å². The van der Waals surface area contributed by atoms with E-state index < -0.39 is 0 Å². The van der Waals surface area contributed by atoms with Crippen LogP contribution in [0, 0.1) is 0 Å². The molecule has 0 bridgehead atoms. The first-order valence-electron chi connectivity index (χ1n) is 2.63. The Kier molecular flexibility index (Phi) is 2.49. The molecule has 2 N–H and O–H groups in total. The molecule has 0 saturated carbocycles. The maximum atomic E-state index is 10.7. The maximum Gasteiger partial charge on any atom is 0.346 e. The van der Waals surface area contributed by atoms with E-state index in [1.807, 2.05) is 0 Å². The summed E-state index contributed by atoms with van der Waals surface area (Å²) in [6, 6.07) is 0. The lowest BCUT2D eigenvalue weighted by Crippen LogP contribution is -2.21. The Labute approximate surface area is 74.9 Å². The summed E-state index contributed by atoms with van der Waals surface area (Å²) in [5, 5.41) is 0. The minimum Gasteiger partial charge on any atom is -0.452 e. The van der Waals surface area contributed by atoms with E-state index in [4.69, 9.17) is 10.5 Å². The first kappa shape index (κ1) is 8.23. The van der Waals surface area contributed by atoms with Gasteiger partial charge >= 0.3 is 5.97 Å². The van der Waals surface area contributed by atoms with Gasteiger partial charge in [-0.05, 0) is 15.9 Å². The zero-order valence-corrected chi connectivity index (χ0v) is 8.11. The van der Waals surface area contributed by atoms with Gasteiger partial charge in [-0.2, -0.15) is 0 Å². The molecule has 1 rings (SSSR count). The van der Waals surface area contributed by atoms with E-state index >= 15 is 0 Å². The first-order chi connectivity index (χ1) is 4.66. The highest BCUT2D eigenvalue weighted by molar-refractivity contribution is 9.14. The smallest absolute Gasteiger partial charge is 0.346 e. The Hall–Kier alpha value is 0.130. The average Bonchev–Trinajstić information content (AvgIpc) is 2.17. The molecule has 0 spiro atoms. The fourth-order valence-corrected chi connectivity index (χ4v) is 1.41. The van der Waals surface area contributed by atoms with Crippen molar-refractivity contribution in [1.29, 1.82) is 0 Å². The summed E-state index contributed by atoms with van der Waals surface area (Å²) in [5.74, 6) is -0.359. The summed E-state index contributed by atoms with van der Waals surface area (Å²) in [6.07, 6.45) is -0.304. The average molecular weight is 271 g/mol. The molecule has 1 aliphatic heterocycles. The standard InChI is InChI=1S/C5H5Br2NO2/c6-3-2(1-8)10-5(9)4(3)7/h2H,1,8H2/t2-/m1/s1. The van der Waals surface area contributed by atoms with Crippen molar-refractivity contribution in [2.24, 2.45) is 5.73 Å². The van der Waals surface area contributed by atoms with Crippen molar-refractivity contribution in [3.8, 4) is 0 Å². The van der Waals surface area contributed by atoms with Crippen LogP contribution >= 0.6 is 31.9 Å². The van der Waals surface area contributed by atoms with Crippen LogP contribution in [-0.4, -0.2) is 18.6 Å². The number of halogens is 2. The van der Waals surface area contributed by atoms with Crippen molar-refractivity contribution in [2.45, 2.75) is 6.10 Å². The fourth-order valence-electron chi connectivity index (χ4n) is 0.623. The van der Waals surface area contributed by atoms with E-state index in [-0.39, 0.29) is 12.1 Å². The SMILES string of the molecule is NC[C@H]1OC(=O)C(Br)=C1Br. The Morgan fingerprint density at radius 2 is 2.20 bits per heavy atom. The molecule has 0 fully saturated rings. The summed E-state index contributed by atoms with van der Waals surface area (Å²) >= 11 is 6.23. The van der Waals surface area contributed by atoms with E-state index in [1.54, 1.807) is 0 Å². The van der Waals surface area contributed by atoms with E-state index in [9.17, 15) is 4.79 Å². The lowest BCUT2D eigenvalue weighted by atomic mass is 10.3. The fraction of sp³-hybridized carbons (Fsp3) is 0.400. The quantitative estimate of drug-likeness (QED) is 0.720. The van der Waals surface area contributed by atoms with Crippen LogP contribution in [0.3, 0.4) is 0 Å². The topological polar surface area (TPSA) is 52.3 Å². The number of hydrogen-bond donors (Lipinski definition) is 1. The van der Waals surface area contributed by atoms with E-state index in [0.29, 0.717) is 15.5 Å². The second kappa shape index (κ2) is 3.02. The van der Waals surface area contributed by atoms with Crippen LogP contribution in [-0.2, 0) is 9.53 Å². The summed E-state index contributed by atoms with van der Waals surface area (Å²) in [7, 11) is 0. The second-order valence-corrected chi connectivity index (χ2v) is 3.44. The van der Waals surface area contributed by atoms with Gasteiger partial charge in [0.05, 0.1) is 4.48 Å². The Morgan fingerprint density at radius 3 is 2.40 bits per heavy atom. The maximum absolute atomic E-state index is 10.7. The molecule has 0 aliphatic carbocycles. The van der Waals surface area contributed by atoms with Gasteiger partial charge in [-0.3, -0.25) is 0 Å². The molecule has 0 radical (unpaired) electrons. The van der Waals surface area contributed by atoms with Gasteiger partial charge in [-0.1, -0.05) is 15.9 Å². The van der Waals surface area contributed by atoms with Gasteiger partial charge in [0, 0.05) is 6.54 Å². The zero-order chi connectivity index (χ0) is 7.72. The normalized spacial score (nSPS) is 25.5.